The number of allylic oxidation sites excluding steroid dienone is 1. The molecule has 0 bridgehead atoms. The molecule has 0 saturated carbocycles. The van der Waals surface area contributed by atoms with Gasteiger partial charge in [-0.1, -0.05) is 6.42 Å². The van der Waals surface area contributed by atoms with Gasteiger partial charge < -0.3 is 9.84 Å². The van der Waals surface area contributed by atoms with Gasteiger partial charge in [-0.05, 0) is 33.1 Å². The lowest BCUT2D eigenvalue weighted by molar-refractivity contribution is -0.138. The Balaban J connectivity index is 2.89. The molecule has 0 aromatic carbocycles. The molecule has 0 aromatic heterocycles. The summed E-state index contributed by atoms with van der Waals surface area (Å²) in [6.07, 6.45) is 3.92. The molecule has 1 rings (SSSR count). The van der Waals surface area contributed by atoms with Crippen molar-refractivity contribution in [3.63, 3.8) is 0 Å². The van der Waals surface area contributed by atoms with Crippen LogP contribution in [0.15, 0.2) is 16.3 Å². The third-order valence-corrected chi connectivity index (χ3v) is 2.50. The summed E-state index contributed by atoms with van der Waals surface area (Å²) in [5.41, 5.74) is 0.944. The van der Waals surface area contributed by atoms with E-state index in [-0.39, 0.29) is 11.3 Å². The van der Waals surface area contributed by atoms with E-state index in [4.69, 9.17) is 4.74 Å². The second kappa shape index (κ2) is 6.30. The molecule has 0 atom stereocenters. The van der Waals surface area contributed by atoms with E-state index in [0.717, 1.165) is 32.2 Å². The fourth-order valence-electron chi connectivity index (χ4n) is 1.76. The molecule has 1 heterocycles. The summed E-state index contributed by atoms with van der Waals surface area (Å²) in [7, 11) is 0. The van der Waals surface area contributed by atoms with Crippen LogP contribution in [-0.4, -0.2) is 29.9 Å². The van der Waals surface area contributed by atoms with Crippen molar-refractivity contribution in [1.29, 1.82) is 0 Å². The number of ether oxygens (including phenoxy) is 1. The van der Waals surface area contributed by atoms with Crippen LogP contribution in [0.5, 0.6) is 0 Å². The van der Waals surface area contributed by atoms with Crippen molar-refractivity contribution in [1.82, 2.24) is 0 Å². The SMILES string of the molecule is CCOC(=O)/C(C1=NCCCCC1)=C(/C)O. The van der Waals surface area contributed by atoms with Gasteiger partial charge in [0.05, 0.1) is 12.3 Å². The van der Waals surface area contributed by atoms with E-state index in [0.29, 0.717) is 12.3 Å². The van der Waals surface area contributed by atoms with Crippen LogP contribution >= 0.6 is 0 Å². The minimum atomic E-state index is -0.469. The van der Waals surface area contributed by atoms with Crippen LogP contribution in [0, 0.1) is 0 Å². The number of carbonyl (C=O) groups excluding carboxylic acids is 1. The number of rotatable bonds is 3. The monoisotopic (exact) mass is 225 g/mol. The van der Waals surface area contributed by atoms with E-state index < -0.39 is 5.97 Å². The van der Waals surface area contributed by atoms with Crippen molar-refractivity contribution >= 4 is 11.7 Å². The molecule has 0 amide bonds. The predicted octanol–water partition coefficient (Wildman–Crippen LogP) is 2.40. The summed E-state index contributed by atoms with van der Waals surface area (Å²) in [5.74, 6) is -0.470. The fourth-order valence-corrected chi connectivity index (χ4v) is 1.76. The molecule has 1 aliphatic rings. The Bertz CT molecular complexity index is 314. The highest BCUT2D eigenvalue weighted by Gasteiger charge is 2.21. The number of hydrogen-bond donors (Lipinski definition) is 1. The highest BCUT2D eigenvalue weighted by Crippen LogP contribution is 2.16. The molecule has 1 N–H and O–H groups in total. The van der Waals surface area contributed by atoms with Crippen LogP contribution < -0.4 is 0 Å². The van der Waals surface area contributed by atoms with Crippen molar-refractivity contribution in [2.75, 3.05) is 13.2 Å². The van der Waals surface area contributed by atoms with Crippen molar-refractivity contribution in [2.45, 2.75) is 39.5 Å². The van der Waals surface area contributed by atoms with E-state index in [2.05, 4.69) is 4.99 Å². The Morgan fingerprint density at radius 2 is 2.19 bits per heavy atom. The van der Waals surface area contributed by atoms with E-state index in [9.17, 15) is 9.90 Å². The number of aliphatic hydroxyl groups is 1. The Hall–Kier alpha value is -1.32. The highest BCUT2D eigenvalue weighted by atomic mass is 16.5. The summed E-state index contributed by atoms with van der Waals surface area (Å²) < 4.78 is 4.92. The molecule has 0 radical (unpaired) electrons. The van der Waals surface area contributed by atoms with E-state index in [1.807, 2.05) is 0 Å². The van der Waals surface area contributed by atoms with Crippen molar-refractivity contribution in [3.8, 4) is 0 Å². The van der Waals surface area contributed by atoms with Crippen LogP contribution in [0.3, 0.4) is 0 Å². The molecule has 4 heteroatoms. The molecule has 1 aliphatic heterocycles. The molecule has 0 aromatic rings. The summed E-state index contributed by atoms with van der Waals surface area (Å²) in [4.78, 5) is 16.0. The first-order chi connectivity index (χ1) is 7.66. The van der Waals surface area contributed by atoms with Gasteiger partial charge in [0, 0.05) is 6.54 Å². The number of hydrogen-bond acceptors (Lipinski definition) is 4. The van der Waals surface area contributed by atoms with Gasteiger partial charge in [0.1, 0.15) is 11.3 Å². The number of aliphatic imine (C=N–C) groups is 1. The Labute approximate surface area is 96.0 Å². The predicted molar refractivity (Wildman–Crippen MR) is 62.7 cm³/mol. The van der Waals surface area contributed by atoms with Gasteiger partial charge >= 0.3 is 5.97 Å². The van der Waals surface area contributed by atoms with Crippen LogP contribution in [0.25, 0.3) is 0 Å². The second-order valence-corrected chi connectivity index (χ2v) is 3.82. The zero-order valence-corrected chi connectivity index (χ0v) is 9.95. The normalized spacial score (nSPS) is 18.2. The van der Waals surface area contributed by atoms with Gasteiger partial charge in [-0.25, -0.2) is 4.79 Å². The maximum atomic E-state index is 11.7. The largest absolute Gasteiger partial charge is 0.512 e. The van der Waals surface area contributed by atoms with Crippen LogP contribution in [0.1, 0.15) is 39.5 Å². The third kappa shape index (κ3) is 3.36. The molecule has 0 unspecified atom stereocenters. The third-order valence-electron chi connectivity index (χ3n) is 2.50. The maximum absolute atomic E-state index is 11.7. The van der Waals surface area contributed by atoms with Gasteiger partial charge in [-0.15, -0.1) is 0 Å². The highest BCUT2D eigenvalue weighted by molar-refractivity contribution is 6.20. The van der Waals surface area contributed by atoms with Gasteiger partial charge in [0.25, 0.3) is 0 Å². The molecular formula is C12H19NO3. The average molecular weight is 225 g/mol. The summed E-state index contributed by atoms with van der Waals surface area (Å²) >= 11 is 0. The first-order valence-corrected chi connectivity index (χ1v) is 5.77. The minimum absolute atomic E-state index is 0.000833. The summed E-state index contributed by atoms with van der Waals surface area (Å²) in [5, 5.41) is 9.55. The minimum Gasteiger partial charge on any atom is -0.512 e. The molecule has 0 aliphatic carbocycles. The standard InChI is InChI=1S/C12H19NO3/c1-3-16-12(15)11(9(2)14)10-7-5-4-6-8-13-10/h14H,3-8H2,1-2H3/b11-9-. The zero-order valence-electron chi connectivity index (χ0n) is 9.95. The van der Waals surface area contributed by atoms with Gasteiger partial charge in [0.15, 0.2) is 0 Å². The Morgan fingerprint density at radius 1 is 1.44 bits per heavy atom. The topological polar surface area (TPSA) is 58.9 Å². The smallest absolute Gasteiger partial charge is 0.343 e. The molecule has 90 valence electrons. The fraction of sp³-hybridized carbons (Fsp3) is 0.667. The van der Waals surface area contributed by atoms with Crippen molar-refractivity contribution in [2.24, 2.45) is 4.99 Å². The van der Waals surface area contributed by atoms with E-state index in [1.54, 1.807) is 6.92 Å². The van der Waals surface area contributed by atoms with Crippen LogP contribution in [0.4, 0.5) is 0 Å². The van der Waals surface area contributed by atoms with Gasteiger partial charge in [-0.3, -0.25) is 4.99 Å². The lowest BCUT2D eigenvalue weighted by Gasteiger charge is -2.09. The van der Waals surface area contributed by atoms with E-state index >= 15 is 0 Å². The first kappa shape index (κ1) is 12.7. The van der Waals surface area contributed by atoms with Gasteiger partial charge in [0.2, 0.25) is 0 Å². The van der Waals surface area contributed by atoms with Crippen LogP contribution in [0.2, 0.25) is 0 Å². The Kier molecular flexibility index (Phi) is 5.02. The zero-order chi connectivity index (χ0) is 12.0. The molecule has 0 spiro atoms. The molecule has 0 fully saturated rings. The Morgan fingerprint density at radius 3 is 2.81 bits per heavy atom. The summed E-state index contributed by atoms with van der Waals surface area (Å²) in [6.45, 7) is 4.28. The van der Waals surface area contributed by atoms with Gasteiger partial charge in [-0.2, -0.15) is 0 Å². The number of aliphatic hydroxyl groups excluding tert-OH is 1. The quantitative estimate of drug-likeness (QED) is 0.456. The van der Waals surface area contributed by atoms with Crippen molar-refractivity contribution in [3.05, 3.63) is 11.3 Å². The lowest BCUT2D eigenvalue weighted by Crippen LogP contribution is -2.18. The number of carbonyl (C=O) groups is 1. The average Bonchev–Trinajstić information content (AvgIpc) is 2.46. The van der Waals surface area contributed by atoms with Crippen molar-refractivity contribution < 1.29 is 14.6 Å². The molecule has 0 saturated heterocycles. The maximum Gasteiger partial charge on any atom is 0.343 e. The molecule has 4 nitrogen and oxygen atoms in total. The second-order valence-electron chi connectivity index (χ2n) is 3.82. The lowest BCUT2D eigenvalue weighted by atomic mass is 10.0. The van der Waals surface area contributed by atoms with E-state index in [1.165, 1.54) is 6.92 Å². The molecular weight excluding hydrogens is 206 g/mol. The summed E-state index contributed by atoms with van der Waals surface area (Å²) in [6, 6.07) is 0. The molecule has 16 heavy (non-hydrogen) atoms. The first-order valence-electron chi connectivity index (χ1n) is 5.77. The number of esters is 1. The van der Waals surface area contributed by atoms with Crippen LogP contribution in [-0.2, 0) is 9.53 Å². The number of nitrogens with zero attached hydrogens (tertiary/aromatic N) is 1.